The van der Waals surface area contributed by atoms with Crippen LogP contribution in [-0.4, -0.2) is 13.1 Å². The molecule has 0 bridgehead atoms. The number of nitrogens with zero attached hydrogens (tertiary/aromatic N) is 3. The van der Waals surface area contributed by atoms with Gasteiger partial charge in [-0.15, -0.1) is 0 Å². The monoisotopic (exact) mass is 275 g/mol. The van der Waals surface area contributed by atoms with Crippen LogP contribution in [0.4, 0.5) is 11.4 Å². The van der Waals surface area contributed by atoms with Gasteiger partial charge in [-0.25, -0.2) is 0 Å². The molecule has 15 heavy (non-hydrogen) atoms. The molecule has 0 atom stereocenters. The van der Waals surface area contributed by atoms with E-state index in [1.54, 1.807) is 12.1 Å². The zero-order chi connectivity index (χ0) is 9.68. The van der Waals surface area contributed by atoms with E-state index >= 15 is 0 Å². The summed E-state index contributed by atoms with van der Waals surface area (Å²) in [5.41, 5.74) is 1.76. The van der Waals surface area contributed by atoms with Gasteiger partial charge in [0, 0.05) is 50.4 Å². The average molecular weight is 277 g/mol. The summed E-state index contributed by atoms with van der Waals surface area (Å²) < 4.78 is 0. The van der Waals surface area contributed by atoms with Crippen LogP contribution in [0.1, 0.15) is 13.8 Å². The molecule has 0 aliphatic rings. The summed E-state index contributed by atoms with van der Waals surface area (Å²) in [6.07, 6.45) is 0. The van der Waals surface area contributed by atoms with Gasteiger partial charge in [0.1, 0.15) is 0 Å². The van der Waals surface area contributed by atoms with E-state index in [9.17, 15) is 0 Å². The van der Waals surface area contributed by atoms with Crippen molar-refractivity contribution in [3.05, 3.63) is 29.2 Å². The van der Waals surface area contributed by atoms with Gasteiger partial charge in [0.15, 0.2) is 4.98 Å². The summed E-state index contributed by atoms with van der Waals surface area (Å²) in [6, 6.07) is 7.52. The molecule has 0 spiro atoms. The number of benzene rings is 1. The van der Waals surface area contributed by atoms with Crippen molar-refractivity contribution in [2.24, 2.45) is 0 Å². The van der Waals surface area contributed by atoms with E-state index in [4.69, 9.17) is 5.39 Å². The molecular formula is C10H14ClN3Zn. The molecule has 1 rings (SSSR count). The molecule has 0 saturated heterocycles. The minimum Gasteiger partial charge on any atom is -1.00 e. The van der Waals surface area contributed by atoms with Crippen LogP contribution in [-0.2, 0) is 19.5 Å². The Morgan fingerprint density at radius 2 is 1.60 bits per heavy atom. The van der Waals surface area contributed by atoms with Crippen LogP contribution in [0.3, 0.4) is 0 Å². The van der Waals surface area contributed by atoms with Crippen molar-refractivity contribution in [3.8, 4) is 0 Å². The Bertz CT molecular complexity index is 303. The predicted molar refractivity (Wildman–Crippen MR) is 54.7 cm³/mol. The van der Waals surface area contributed by atoms with E-state index in [1.165, 1.54) is 0 Å². The first-order valence-corrected chi connectivity index (χ1v) is 4.52. The van der Waals surface area contributed by atoms with Crippen LogP contribution in [0, 0.1) is 5.39 Å². The molecule has 3 nitrogen and oxygen atoms in total. The van der Waals surface area contributed by atoms with Crippen LogP contribution in [0.2, 0.25) is 0 Å². The topological polar surface area (TPSA) is 31.4 Å². The maximum Gasteiger partial charge on any atom is 0.385 e. The number of halogens is 1. The zero-order valence-corrected chi connectivity index (χ0v) is 12.9. The van der Waals surface area contributed by atoms with Gasteiger partial charge in [-0.05, 0) is 26.0 Å². The Hall–Kier alpha value is -0.647. The summed E-state index contributed by atoms with van der Waals surface area (Å²) in [5.74, 6) is 0. The molecule has 78 valence electrons. The van der Waals surface area contributed by atoms with Crippen LogP contribution in [0.15, 0.2) is 24.3 Å². The summed E-state index contributed by atoms with van der Waals surface area (Å²) >= 11 is 0. The summed E-state index contributed by atoms with van der Waals surface area (Å²) in [4.78, 5) is 5.34. The van der Waals surface area contributed by atoms with Crippen molar-refractivity contribution in [1.82, 2.24) is 0 Å². The fraction of sp³-hybridized carbons (Fsp3) is 0.400. The molecule has 1 aromatic carbocycles. The van der Waals surface area contributed by atoms with E-state index in [2.05, 4.69) is 23.7 Å². The first-order chi connectivity index (χ1) is 6.31. The molecule has 0 radical (unpaired) electrons. The molecule has 0 fully saturated rings. The third kappa shape index (κ3) is 4.60. The molecule has 0 aromatic heterocycles. The van der Waals surface area contributed by atoms with Crippen LogP contribution >= 0.6 is 0 Å². The van der Waals surface area contributed by atoms with Crippen LogP contribution in [0.25, 0.3) is 4.98 Å². The first kappa shape index (κ1) is 16.8. The van der Waals surface area contributed by atoms with Gasteiger partial charge >= 0.3 is 5.69 Å². The second kappa shape index (κ2) is 8.64. The smallest absolute Gasteiger partial charge is 0.385 e. The fourth-order valence-corrected chi connectivity index (χ4v) is 1.32. The number of hydrogen-bond donors (Lipinski definition) is 0. The van der Waals surface area contributed by atoms with Gasteiger partial charge in [-0.2, -0.15) is 0 Å². The van der Waals surface area contributed by atoms with Crippen LogP contribution < -0.4 is 17.3 Å². The van der Waals surface area contributed by atoms with Gasteiger partial charge in [0.2, 0.25) is 5.39 Å². The van der Waals surface area contributed by atoms with Gasteiger partial charge in [-0.1, -0.05) is 0 Å². The Kier molecular flexibility index (Phi) is 9.67. The molecule has 5 heteroatoms. The van der Waals surface area contributed by atoms with Crippen molar-refractivity contribution in [2.45, 2.75) is 13.8 Å². The van der Waals surface area contributed by atoms with E-state index in [-0.39, 0.29) is 31.9 Å². The molecule has 1 aromatic rings. The van der Waals surface area contributed by atoms with E-state index in [0.717, 1.165) is 18.8 Å². The minimum atomic E-state index is 0. The van der Waals surface area contributed by atoms with E-state index < -0.39 is 0 Å². The SMILES string of the molecule is CCN(CC)c1ccc([N+]#N)cc1.[Cl-].[Zn]. The minimum absolute atomic E-state index is 0. The predicted octanol–water partition coefficient (Wildman–Crippen LogP) is 0.0189. The maximum atomic E-state index is 8.49. The molecule has 0 aliphatic carbocycles. The van der Waals surface area contributed by atoms with E-state index in [0.29, 0.717) is 5.69 Å². The molecule has 0 unspecified atom stereocenters. The van der Waals surface area contributed by atoms with Gasteiger partial charge in [0.05, 0.1) is 0 Å². The Balaban J connectivity index is 0. The molecule has 0 heterocycles. The Morgan fingerprint density at radius 3 is 1.93 bits per heavy atom. The third-order valence-electron chi connectivity index (χ3n) is 2.09. The standard InChI is InChI=1S/C10H14N3.ClH.Zn/c1-3-13(4-2)10-7-5-9(12-11)6-8-10;;/h5-8H,3-4H2,1-2H3;1H;/q+1;;/p-1. The van der Waals surface area contributed by atoms with Crippen molar-refractivity contribution >= 4 is 11.4 Å². The molecule has 0 aliphatic heterocycles. The molecule has 0 N–H and O–H groups in total. The van der Waals surface area contributed by atoms with Crippen molar-refractivity contribution in [1.29, 1.82) is 5.39 Å². The summed E-state index contributed by atoms with van der Waals surface area (Å²) in [7, 11) is 0. The quantitative estimate of drug-likeness (QED) is 0.576. The maximum absolute atomic E-state index is 8.49. The van der Waals surface area contributed by atoms with Crippen LogP contribution in [0.5, 0.6) is 0 Å². The zero-order valence-electron chi connectivity index (χ0n) is 9.15. The number of rotatable bonds is 3. The van der Waals surface area contributed by atoms with Crippen molar-refractivity contribution in [3.63, 3.8) is 0 Å². The summed E-state index contributed by atoms with van der Waals surface area (Å²) in [6.45, 7) is 6.22. The summed E-state index contributed by atoms with van der Waals surface area (Å²) in [5, 5.41) is 8.49. The fourth-order valence-electron chi connectivity index (χ4n) is 1.32. The number of anilines is 1. The van der Waals surface area contributed by atoms with Crippen molar-refractivity contribution in [2.75, 3.05) is 18.0 Å². The largest absolute Gasteiger partial charge is 1.00 e. The Labute approximate surface area is 110 Å². The van der Waals surface area contributed by atoms with Gasteiger partial charge < -0.3 is 17.3 Å². The normalized spacial score (nSPS) is 8.07. The number of hydrogen-bond acceptors (Lipinski definition) is 2. The molecule has 0 amide bonds. The van der Waals surface area contributed by atoms with Crippen molar-refractivity contribution < 1.29 is 31.9 Å². The third-order valence-corrected chi connectivity index (χ3v) is 2.09. The first-order valence-electron chi connectivity index (χ1n) is 4.52. The van der Waals surface area contributed by atoms with Gasteiger partial charge in [-0.3, -0.25) is 0 Å². The number of diazo groups is 1. The van der Waals surface area contributed by atoms with Gasteiger partial charge in [0.25, 0.3) is 0 Å². The second-order valence-electron chi connectivity index (χ2n) is 2.79. The Morgan fingerprint density at radius 1 is 1.13 bits per heavy atom. The second-order valence-corrected chi connectivity index (χ2v) is 2.79. The molecular weight excluding hydrogens is 263 g/mol. The molecule has 0 saturated carbocycles. The average Bonchev–Trinajstić information content (AvgIpc) is 2.21. The van der Waals surface area contributed by atoms with E-state index in [1.807, 2.05) is 12.1 Å².